The molecule has 0 bridgehead atoms. The molecule has 0 aliphatic heterocycles. The van der Waals surface area contributed by atoms with E-state index < -0.39 is 0 Å². The zero-order valence-corrected chi connectivity index (χ0v) is 17.4. The fraction of sp³-hybridized carbons (Fsp3) is 0.190. The number of aliphatic hydroxyl groups excluding tert-OH is 1. The van der Waals surface area contributed by atoms with Crippen LogP contribution in [0.3, 0.4) is 0 Å². The van der Waals surface area contributed by atoms with Crippen LogP contribution in [0.2, 0.25) is 0 Å². The molecule has 1 aromatic carbocycles. The highest BCUT2D eigenvalue weighted by Crippen LogP contribution is 2.45. The van der Waals surface area contributed by atoms with E-state index in [1.165, 1.54) is 39.7 Å². The van der Waals surface area contributed by atoms with E-state index in [1.807, 2.05) is 0 Å². The van der Waals surface area contributed by atoms with Crippen molar-refractivity contribution < 1.29 is 5.11 Å². The van der Waals surface area contributed by atoms with E-state index in [0.29, 0.717) is 11.4 Å². The zero-order valence-electron chi connectivity index (χ0n) is 15.8. The van der Waals surface area contributed by atoms with Crippen molar-refractivity contribution in [1.82, 2.24) is 29.7 Å². The molecule has 1 aliphatic carbocycles. The minimum atomic E-state index is 0.0945. The largest absolute Gasteiger partial charge is 0.396 e. The summed E-state index contributed by atoms with van der Waals surface area (Å²) >= 11 is 3.23. The van der Waals surface area contributed by atoms with Crippen molar-refractivity contribution in [3.05, 3.63) is 53.6 Å². The fourth-order valence-corrected chi connectivity index (χ4v) is 5.90. The third kappa shape index (κ3) is 2.66. The van der Waals surface area contributed by atoms with E-state index in [0.717, 1.165) is 39.3 Å². The predicted octanol–water partition coefficient (Wildman–Crippen LogP) is 3.67. The second-order valence-corrected chi connectivity index (χ2v) is 9.15. The molecule has 6 rings (SSSR count). The SMILES string of the molecule is OCCSc1ncnc2c1cnn2-c1ncnc2sc3c(c12)-c1ccccc1CC3. The van der Waals surface area contributed by atoms with Crippen LogP contribution >= 0.6 is 23.1 Å². The number of aryl methyl sites for hydroxylation is 2. The highest BCUT2D eigenvalue weighted by Gasteiger charge is 2.25. The maximum atomic E-state index is 9.17. The molecular formula is C21H16N6OS2. The highest BCUT2D eigenvalue weighted by molar-refractivity contribution is 7.99. The summed E-state index contributed by atoms with van der Waals surface area (Å²) in [6, 6.07) is 8.57. The quantitative estimate of drug-likeness (QED) is 0.342. The number of benzene rings is 1. The number of thiophene rings is 1. The summed E-state index contributed by atoms with van der Waals surface area (Å²) in [6.45, 7) is 0.0945. The van der Waals surface area contributed by atoms with Gasteiger partial charge in [0.1, 0.15) is 22.5 Å². The molecule has 5 aromatic rings. The zero-order chi connectivity index (χ0) is 20.1. The summed E-state index contributed by atoms with van der Waals surface area (Å²) in [6.07, 6.45) is 6.97. The molecule has 4 aromatic heterocycles. The van der Waals surface area contributed by atoms with Gasteiger partial charge in [-0.3, -0.25) is 0 Å². The molecule has 0 unspecified atom stereocenters. The smallest absolute Gasteiger partial charge is 0.169 e. The number of fused-ring (bicyclic) bond motifs is 6. The predicted molar refractivity (Wildman–Crippen MR) is 118 cm³/mol. The van der Waals surface area contributed by atoms with Gasteiger partial charge in [0.25, 0.3) is 0 Å². The number of rotatable bonds is 4. The van der Waals surface area contributed by atoms with Crippen LogP contribution in [0.5, 0.6) is 0 Å². The first-order valence-corrected chi connectivity index (χ1v) is 11.4. The van der Waals surface area contributed by atoms with Gasteiger partial charge in [-0.25, -0.2) is 19.9 Å². The summed E-state index contributed by atoms with van der Waals surface area (Å²) in [5.41, 5.74) is 4.54. The number of nitrogens with zero attached hydrogens (tertiary/aromatic N) is 6. The molecule has 0 saturated heterocycles. The Morgan fingerprint density at radius 2 is 1.97 bits per heavy atom. The molecule has 30 heavy (non-hydrogen) atoms. The normalized spacial score (nSPS) is 13.0. The van der Waals surface area contributed by atoms with Crippen molar-refractivity contribution in [1.29, 1.82) is 0 Å². The molecule has 1 N–H and O–H groups in total. The molecule has 0 fully saturated rings. The van der Waals surface area contributed by atoms with Crippen molar-refractivity contribution in [3.63, 3.8) is 0 Å². The van der Waals surface area contributed by atoms with Crippen molar-refractivity contribution in [2.75, 3.05) is 12.4 Å². The first-order chi connectivity index (χ1) is 14.8. The van der Waals surface area contributed by atoms with Crippen LogP contribution in [-0.4, -0.2) is 47.2 Å². The monoisotopic (exact) mass is 432 g/mol. The van der Waals surface area contributed by atoms with E-state index in [9.17, 15) is 0 Å². The lowest BCUT2D eigenvalue weighted by atomic mass is 9.89. The first kappa shape index (κ1) is 17.9. The molecule has 1 aliphatic rings. The Labute approximate surface area is 179 Å². The van der Waals surface area contributed by atoms with Crippen LogP contribution in [0.1, 0.15) is 10.4 Å². The lowest BCUT2D eigenvalue weighted by Crippen LogP contribution is -2.05. The van der Waals surface area contributed by atoms with Gasteiger partial charge in [-0.2, -0.15) is 9.78 Å². The van der Waals surface area contributed by atoms with Crippen LogP contribution in [0.25, 0.3) is 38.2 Å². The van der Waals surface area contributed by atoms with Crippen molar-refractivity contribution in [2.45, 2.75) is 17.9 Å². The van der Waals surface area contributed by atoms with Gasteiger partial charge >= 0.3 is 0 Å². The summed E-state index contributed by atoms with van der Waals surface area (Å²) < 4.78 is 1.79. The van der Waals surface area contributed by atoms with Crippen molar-refractivity contribution in [3.8, 4) is 16.9 Å². The summed E-state index contributed by atoms with van der Waals surface area (Å²) in [5.74, 6) is 1.31. The van der Waals surface area contributed by atoms with Crippen LogP contribution in [0, 0.1) is 0 Å². The second-order valence-electron chi connectivity index (χ2n) is 6.98. The van der Waals surface area contributed by atoms with Gasteiger partial charge in [-0.1, -0.05) is 24.3 Å². The molecule has 0 atom stereocenters. The Kier molecular flexibility index (Phi) is 4.26. The van der Waals surface area contributed by atoms with Gasteiger partial charge in [0.2, 0.25) is 0 Å². The third-order valence-electron chi connectivity index (χ3n) is 5.31. The molecule has 0 spiro atoms. The van der Waals surface area contributed by atoms with E-state index in [-0.39, 0.29) is 6.61 Å². The Morgan fingerprint density at radius 1 is 1.07 bits per heavy atom. The Hall–Kier alpha value is -2.88. The lowest BCUT2D eigenvalue weighted by molar-refractivity contribution is 0.322. The van der Waals surface area contributed by atoms with Crippen LogP contribution in [0.15, 0.2) is 48.1 Å². The number of aromatic nitrogens is 6. The molecule has 0 amide bonds. The molecule has 0 radical (unpaired) electrons. The molecule has 9 heteroatoms. The number of thioether (sulfide) groups is 1. The summed E-state index contributed by atoms with van der Waals surface area (Å²) in [4.78, 5) is 20.4. The number of hydrogen-bond donors (Lipinski definition) is 1. The fourth-order valence-electron chi connectivity index (χ4n) is 4.05. The van der Waals surface area contributed by atoms with Gasteiger partial charge < -0.3 is 5.11 Å². The van der Waals surface area contributed by atoms with Crippen LogP contribution < -0.4 is 0 Å². The Bertz CT molecular complexity index is 1410. The Morgan fingerprint density at radius 3 is 2.90 bits per heavy atom. The van der Waals surface area contributed by atoms with Gasteiger partial charge in [0, 0.05) is 16.2 Å². The molecular weight excluding hydrogens is 416 g/mol. The molecule has 148 valence electrons. The molecule has 0 saturated carbocycles. The molecule has 4 heterocycles. The summed E-state index contributed by atoms with van der Waals surface area (Å²) in [5, 5.41) is 16.5. The van der Waals surface area contributed by atoms with E-state index in [1.54, 1.807) is 28.5 Å². The maximum Gasteiger partial charge on any atom is 0.169 e. The maximum absolute atomic E-state index is 9.17. The number of hydrogen-bond acceptors (Lipinski definition) is 8. The minimum Gasteiger partial charge on any atom is -0.396 e. The average Bonchev–Trinajstić information content (AvgIpc) is 3.39. The summed E-state index contributed by atoms with van der Waals surface area (Å²) in [7, 11) is 0. The second kappa shape index (κ2) is 7.12. The first-order valence-electron chi connectivity index (χ1n) is 9.62. The average molecular weight is 433 g/mol. The highest BCUT2D eigenvalue weighted by atomic mass is 32.2. The van der Waals surface area contributed by atoms with Crippen molar-refractivity contribution in [2.24, 2.45) is 0 Å². The van der Waals surface area contributed by atoms with E-state index >= 15 is 0 Å². The standard InChI is InChI=1S/C21H16N6OS2/c28-7-8-29-20-14-9-26-27(18(14)22-10-24-20)19-17-16-13-4-2-1-3-12(13)5-6-15(16)30-21(17)25-11-23-19/h1-4,9-11,28H,5-8H2. The lowest BCUT2D eigenvalue weighted by Gasteiger charge is -2.17. The minimum absolute atomic E-state index is 0.0945. The van der Waals surface area contributed by atoms with Gasteiger partial charge in [0.05, 0.1) is 23.6 Å². The van der Waals surface area contributed by atoms with E-state index in [2.05, 4.69) is 49.3 Å². The molecule has 7 nitrogen and oxygen atoms in total. The van der Waals surface area contributed by atoms with Gasteiger partial charge in [-0.05, 0) is 24.0 Å². The van der Waals surface area contributed by atoms with Gasteiger partial charge in [0.15, 0.2) is 11.5 Å². The van der Waals surface area contributed by atoms with Crippen LogP contribution in [-0.2, 0) is 12.8 Å². The third-order valence-corrected chi connectivity index (χ3v) is 7.45. The van der Waals surface area contributed by atoms with Crippen LogP contribution in [0.4, 0.5) is 0 Å². The number of aliphatic hydroxyl groups is 1. The van der Waals surface area contributed by atoms with Gasteiger partial charge in [-0.15, -0.1) is 23.1 Å². The van der Waals surface area contributed by atoms with Crippen molar-refractivity contribution >= 4 is 44.3 Å². The Balaban J connectivity index is 1.62. The van der Waals surface area contributed by atoms with E-state index in [4.69, 9.17) is 5.11 Å². The topological polar surface area (TPSA) is 89.6 Å².